The normalized spacial score (nSPS) is 8.59. The lowest BCUT2D eigenvalue weighted by atomic mass is 10.1. The highest BCUT2D eigenvalue weighted by atomic mass is 79.9. The van der Waals surface area contributed by atoms with Crippen LogP contribution in [0.2, 0.25) is 0 Å². The van der Waals surface area contributed by atoms with Crippen molar-refractivity contribution >= 4 is 944 Å². The van der Waals surface area contributed by atoms with Crippen molar-refractivity contribution in [2.45, 2.75) is 90.9 Å². The average molecular weight is 4000 g/mol. The number of nitrogens with zero attached hydrogens (tertiary/aromatic N) is 2. The number of aliphatic carboxylic acids is 1. The summed E-state index contributed by atoms with van der Waals surface area (Å²) in [5.41, 5.74) is 8.88. The molecule has 2 aromatic heterocycles. The van der Waals surface area contributed by atoms with Crippen molar-refractivity contribution in [2.24, 2.45) is 0 Å². The zero-order valence-electron chi connectivity index (χ0n) is 70.2. The number of ether oxygens (including phenoxy) is 2. The molecule has 4 N–H and O–H groups in total. The largest absolute Gasteiger partial charge is 0.494 e. The summed E-state index contributed by atoms with van der Waals surface area (Å²) in [6.45, 7) is 5.28. The van der Waals surface area contributed by atoms with Crippen molar-refractivity contribution in [3.05, 3.63) is 106 Å². The monoisotopic (exact) mass is 3990 g/mol. The van der Waals surface area contributed by atoms with Crippen LogP contribution in [0.3, 0.4) is 0 Å². The first-order valence-corrected chi connectivity index (χ1v) is 165. The summed E-state index contributed by atoms with van der Waals surface area (Å²) in [5, 5.41) is 11.4. The number of carboxylic acids is 1. The third-order valence-corrected chi connectivity index (χ3v) is 218. The molecule has 0 aliphatic rings. The van der Waals surface area contributed by atoms with E-state index in [4.69, 9.17) is 65.1 Å². The summed E-state index contributed by atoms with van der Waals surface area (Å²) in [5.74, 6) is 1.16. The predicted octanol–water partition coefficient (Wildman–Crippen LogP) is 10.5. The van der Waals surface area contributed by atoms with Gasteiger partial charge in [-0.2, -0.15) is 0 Å². The third kappa shape index (κ3) is 144. The maximum absolute atomic E-state index is 11.9. The van der Waals surface area contributed by atoms with E-state index in [0.29, 0.717) is 6.42 Å². The molecule has 0 atom stereocenters. The lowest BCUT2D eigenvalue weighted by Crippen LogP contribution is -2.11. The minimum absolute atomic E-state index is 0.0728. The van der Waals surface area contributed by atoms with Crippen LogP contribution in [0.25, 0.3) is 0 Å². The van der Waals surface area contributed by atoms with Gasteiger partial charge < -0.3 is 25.6 Å². The molecule has 9 nitrogen and oxygen atoms in total. The van der Waals surface area contributed by atoms with Crippen molar-refractivity contribution in [3.63, 3.8) is 0 Å². The minimum atomic E-state index is -0.701. The number of anilines is 2. The Morgan fingerprint density at radius 1 is 0.260 bits per heavy atom. The molecule has 1 amide bonds. The second-order valence-electron chi connectivity index (χ2n) is 18.5. The average Bonchev–Trinajstić information content (AvgIpc) is 0.953. The van der Waals surface area contributed by atoms with Crippen LogP contribution in [0.15, 0.2) is 94.1 Å². The van der Waals surface area contributed by atoms with Gasteiger partial charge in [-0.3, -0.25) is 19.6 Å². The van der Waals surface area contributed by atoms with Gasteiger partial charge >= 0.3 is 5.97 Å². The molecule has 2 heterocycles. The molecule has 0 radical (unpaired) electrons. The lowest BCUT2D eigenvalue weighted by Gasteiger charge is -2.07. The highest BCUT2D eigenvalue weighted by Gasteiger charge is 2.04. The van der Waals surface area contributed by atoms with Crippen LogP contribution in [0, 0.1) is 13.8 Å². The first-order valence-electron chi connectivity index (χ1n) is 33.7. The minimum Gasteiger partial charge on any atom is -0.494 e. The second kappa shape index (κ2) is 148. The highest BCUT2D eigenvalue weighted by molar-refractivity contribution is 9.11. The maximum Gasteiger partial charge on any atom is 0.303 e. The van der Waals surface area contributed by atoms with Gasteiger partial charge in [0.1, 0.15) is 11.5 Å². The van der Waals surface area contributed by atoms with E-state index in [-0.39, 0.29) is 12.3 Å². The summed E-state index contributed by atoms with van der Waals surface area (Å²) in [7, 11) is 170. The molecule has 4 aromatic rings. The number of nitrogens with one attached hydrogen (secondary N) is 1. The van der Waals surface area contributed by atoms with Crippen LogP contribution < -0.4 is 20.5 Å². The first kappa shape index (κ1) is 168. The molecule has 0 aliphatic heterocycles. The molecule has 0 spiro atoms. The Bertz CT molecular complexity index is 9800. The van der Waals surface area contributed by atoms with Crippen LogP contribution in [0.5, 0.6) is 11.5 Å². The summed E-state index contributed by atoms with van der Waals surface area (Å²) in [6.07, 6.45) is 14.5. The molecule has 0 aliphatic carbocycles. The molecule has 2 aromatic carbocycles. The van der Waals surface area contributed by atoms with E-state index in [9.17, 15) is 9.59 Å². The summed E-state index contributed by atoms with van der Waals surface area (Å²) in [6, 6.07) is 23.0. The zero-order valence-corrected chi connectivity index (χ0v) is 154. The van der Waals surface area contributed by atoms with Gasteiger partial charge in [0.2, 0.25) is 5.91 Å². The molecular weight excluding hydrogens is 3950 g/mol. The van der Waals surface area contributed by atoms with Crippen LogP contribution in [0.4, 0.5) is 11.4 Å². The quantitative estimate of drug-likeness (QED) is 0.0771. The Balaban J connectivity index is 0.00000204. The molecule has 0 fully saturated rings. The van der Waals surface area contributed by atoms with Gasteiger partial charge in [0.25, 0.3) is 0 Å². The van der Waals surface area contributed by atoms with Crippen molar-refractivity contribution in [1.29, 1.82) is 0 Å². The van der Waals surface area contributed by atoms with Crippen LogP contribution in [-0.2, 0) is 898 Å². The topological polar surface area (TPSA) is 137 Å². The summed E-state index contributed by atoms with van der Waals surface area (Å²) < 4.78 is 13.4. The molecule has 0 saturated heterocycles. The number of nitrogens with two attached hydrogens (primary N) is 1. The van der Waals surface area contributed by atoms with Gasteiger partial charge in [0.05, 0.1) is 13.2 Å². The SMILES string of the molecule is Cc1cc(N)ccn1.Cc1cc(NC(=O)CCCCCCCOc2cccc(Br)c2)ccn1.O=C(O)CCCCCCCOc1cccc(Br)c1.S=S=S=S=S=S=S=S=S=S=S=S=S=S=S=S=S=S=S=S=S=S=S=S=S=S=S=S=S=S=S=S=S=S=S=S=S=S=S=S=S=S=S=S=S=S=S=S=S.S=S=S=S=S=S=S=S=S=S=S=S=S=S=S=S=S=S=S=S=S=S=S=S=S=S=S=S=S=S=S=S=S=S=S=S=S=S=S=S=S=S=S=S=S=S=S=S=S=S. The fourth-order valence-corrected chi connectivity index (χ4v) is 256. The number of carboxylic acid groups (broad SMARTS) is 1. The number of carbonyl (C=O) groups excluding carboxylic acids is 1. The van der Waals surface area contributed by atoms with Gasteiger partial charge in [0, 0.05) is 945 Å². The van der Waals surface area contributed by atoms with E-state index in [1.807, 2.05) is 676 Å². The second-order valence-corrected chi connectivity index (χ2v) is 188. The lowest BCUT2D eigenvalue weighted by molar-refractivity contribution is -0.137. The van der Waals surface area contributed by atoms with E-state index in [0.717, 1.165) is 121 Å². The molecule has 0 saturated carbocycles. The Morgan fingerprint density at radius 2 is 0.447 bits per heavy atom. The number of amides is 1. The number of pyridine rings is 2. The van der Waals surface area contributed by atoms with Crippen molar-refractivity contribution < 1.29 is 24.2 Å². The molecule has 150 heavy (non-hydrogen) atoms. The number of halogens is 2. The van der Waals surface area contributed by atoms with E-state index < -0.39 is 5.97 Å². The Morgan fingerprint density at radius 3 is 0.627 bits per heavy atom. The van der Waals surface area contributed by atoms with Crippen LogP contribution >= 0.6 is 31.9 Å². The van der Waals surface area contributed by atoms with Crippen molar-refractivity contribution in [3.8, 4) is 11.5 Å². The van der Waals surface area contributed by atoms with Crippen LogP contribution in [0.1, 0.15) is 88.4 Å². The van der Waals surface area contributed by atoms with Gasteiger partial charge in [-0.05, 0) is 100 Å². The molecule has 110 heteroatoms. The number of aromatic nitrogens is 2. The number of hydrogen-bond acceptors (Lipinski definition) is 11. The number of carbonyl (C=O) groups is 2. The number of aryl methyl sites for hydroxylation is 2. The standard InChI is InChI=1S/C20H25BrN2O2.C14H19BrO3.C6H8N2.S50.S49/c1-16-14-18(11-12-22-16)23-20(24)10-5-3-2-4-6-13-25-19-9-7-8-17(21)15-19;15-12-7-6-8-13(11-12)18-10-5-3-1-2-4-9-14(16)17;1-5-4-6(7)2-3-8-5;1-3-5-7-9-11-13-15-17-19-21-23-25-27-29-31-33-35-37-39-41-43-45-47-49-50-48-46-44-42-40-38-36-34-32-30-28-26-24-22-20-18-16-14-12-10-8-6-4-2;1-3-5-7-9-11-13-15-17-19-21-23-25-27-29-31-33-35-37-39-41-43-45-47-49-48-46-44-42-40-38-36-34-32-30-28-26-24-22-20-18-16-14-12-10-8-6-4-2/h7-9,11-12,14-15H,2-6,10,13H2,1H3,(H,22,23,24);6-8,11H,1-5,9-10H2,(H,16,17);2-4H,1H3,(H2,7,8);;. The molecular formula is C40H52Br2N4O5S99. The fourth-order valence-electron chi connectivity index (χ4n) is 5.77. The summed E-state index contributed by atoms with van der Waals surface area (Å²) >= 11 is 26.1. The van der Waals surface area contributed by atoms with Gasteiger partial charge in [-0.25, -0.2) is 0 Å². The molecule has 4 rings (SSSR count). The zero-order chi connectivity index (χ0) is 108. The highest BCUT2D eigenvalue weighted by Crippen LogP contribution is 2.20. The number of rotatable bonds is 19. The number of benzene rings is 2. The van der Waals surface area contributed by atoms with E-state index >= 15 is 0 Å². The fraction of sp³-hybridized carbons (Fsp3) is 0.400. The van der Waals surface area contributed by atoms with Crippen molar-refractivity contribution in [2.75, 3.05) is 24.3 Å². The van der Waals surface area contributed by atoms with E-state index in [2.05, 4.69) is 47.1 Å². The van der Waals surface area contributed by atoms with E-state index in [1.165, 1.54) is 35.5 Å². The Kier molecular flexibility index (Phi) is 166. The molecule has 870 valence electrons. The number of hydrogen-bond donors (Lipinski definition) is 3. The molecule has 0 unspecified atom stereocenters. The first-order chi connectivity index (χ1) is 73.9. The number of nitrogen functional groups attached to an aromatic ring is 1. The number of unbranched alkanes of at least 4 members (excludes halogenated alkanes) is 8. The van der Waals surface area contributed by atoms with Gasteiger partial charge in [0.15, 0.2) is 0 Å². The van der Waals surface area contributed by atoms with Crippen LogP contribution in [-0.4, -0.2) is 40.2 Å². The van der Waals surface area contributed by atoms with Crippen molar-refractivity contribution in [1.82, 2.24) is 9.97 Å². The van der Waals surface area contributed by atoms with Gasteiger partial charge in [-0.1, -0.05) is 82.5 Å². The Labute approximate surface area is 1180 Å². The summed E-state index contributed by atoms with van der Waals surface area (Å²) in [4.78, 5) is 30.3. The predicted molar refractivity (Wildman–Crippen MR) is 942 cm³/mol. The van der Waals surface area contributed by atoms with Gasteiger partial charge in [-0.15, -0.1) is 0 Å². The smallest absolute Gasteiger partial charge is 0.303 e. The molecule has 0 bridgehead atoms. The Hall–Kier alpha value is 17.8. The third-order valence-electron chi connectivity index (χ3n) is 9.90. The van der Waals surface area contributed by atoms with E-state index in [1.54, 1.807) is 232 Å². The maximum atomic E-state index is 11.9.